The third kappa shape index (κ3) is 3.11. The van der Waals surface area contributed by atoms with E-state index >= 15 is 0 Å². The highest BCUT2D eigenvalue weighted by molar-refractivity contribution is 5.79. The highest BCUT2D eigenvalue weighted by Crippen LogP contribution is 2.32. The highest BCUT2D eigenvalue weighted by atomic mass is 16.5. The van der Waals surface area contributed by atoms with Crippen molar-refractivity contribution in [1.82, 2.24) is 19.5 Å². The summed E-state index contributed by atoms with van der Waals surface area (Å²) < 4.78 is 6.55. The number of fused-ring (bicyclic) bond motifs is 1. The number of methoxy groups -OCH3 is 1. The van der Waals surface area contributed by atoms with Gasteiger partial charge in [0, 0.05) is 11.8 Å². The number of aromatic nitrogens is 4. The summed E-state index contributed by atoms with van der Waals surface area (Å²) in [6, 6.07) is 13.3. The van der Waals surface area contributed by atoms with Crippen molar-refractivity contribution in [3.05, 3.63) is 81.3 Å². The van der Waals surface area contributed by atoms with Crippen LogP contribution in [0.25, 0.3) is 22.3 Å². The number of hydrogen-bond donors (Lipinski definition) is 2. The number of H-pyrrole nitrogens is 1. The fourth-order valence-corrected chi connectivity index (χ4v) is 2.96. The Kier molecular flexibility index (Phi) is 4.36. The fourth-order valence-electron chi connectivity index (χ4n) is 2.96. The van der Waals surface area contributed by atoms with Gasteiger partial charge in [0.15, 0.2) is 5.65 Å². The molecule has 3 heterocycles. The number of benzene rings is 1. The van der Waals surface area contributed by atoms with Crippen LogP contribution in [0.3, 0.4) is 0 Å². The topological polar surface area (TPSA) is 110 Å². The van der Waals surface area contributed by atoms with E-state index in [2.05, 4.69) is 15.0 Å². The fraction of sp³-hybridized carbons (Fsp3) is 0.100. The van der Waals surface area contributed by atoms with E-state index in [1.807, 2.05) is 6.07 Å². The van der Waals surface area contributed by atoms with Gasteiger partial charge in [0.05, 0.1) is 30.4 Å². The lowest BCUT2D eigenvalue weighted by Crippen LogP contribution is -2.31. The molecule has 0 fully saturated rings. The van der Waals surface area contributed by atoms with Crippen molar-refractivity contribution in [1.29, 1.82) is 0 Å². The minimum atomic E-state index is -0.581. The molecular formula is C20H16N4O4. The quantitative estimate of drug-likeness (QED) is 0.563. The summed E-state index contributed by atoms with van der Waals surface area (Å²) >= 11 is 0. The molecule has 3 aromatic heterocycles. The van der Waals surface area contributed by atoms with Crippen molar-refractivity contribution in [3.63, 3.8) is 0 Å². The first-order valence-electron chi connectivity index (χ1n) is 8.48. The highest BCUT2D eigenvalue weighted by Gasteiger charge is 2.14. The van der Waals surface area contributed by atoms with Crippen molar-refractivity contribution >= 4 is 11.0 Å². The van der Waals surface area contributed by atoms with E-state index in [0.29, 0.717) is 22.7 Å². The summed E-state index contributed by atoms with van der Waals surface area (Å²) in [6.45, 7) is 0.146. The molecule has 0 unspecified atom stereocenters. The second-order valence-corrected chi connectivity index (χ2v) is 6.12. The van der Waals surface area contributed by atoms with Crippen LogP contribution in [0.1, 0.15) is 5.69 Å². The van der Waals surface area contributed by atoms with Crippen molar-refractivity contribution in [2.45, 2.75) is 6.54 Å². The minimum absolute atomic E-state index is 0.0103. The van der Waals surface area contributed by atoms with E-state index < -0.39 is 11.2 Å². The summed E-state index contributed by atoms with van der Waals surface area (Å²) in [6.07, 6.45) is 1.63. The summed E-state index contributed by atoms with van der Waals surface area (Å²) in [4.78, 5) is 35.7. The molecule has 140 valence electrons. The van der Waals surface area contributed by atoms with Gasteiger partial charge in [0.1, 0.15) is 11.5 Å². The molecule has 8 nitrogen and oxygen atoms in total. The molecule has 1 aromatic carbocycles. The zero-order valence-electron chi connectivity index (χ0n) is 14.9. The van der Waals surface area contributed by atoms with E-state index in [1.165, 1.54) is 17.7 Å². The van der Waals surface area contributed by atoms with Crippen LogP contribution in [-0.2, 0) is 6.54 Å². The zero-order valence-corrected chi connectivity index (χ0v) is 14.9. The van der Waals surface area contributed by atoms with E-state index in [9.17, 15) is 14.7 Å². The molecule has 28 heavy (non-hydrogen) atoms. The van der Waals surface area contributed by atoms with Crippen LogP contribution in [-0.4, -0.2) is 31.7 Å². The predicted molar refractivity (Wildman–Crippen MR) is 104 cm³/mol. The van der Waals surface area contributed by atoms with Crippen molar-refractivity contribution in [3.8, 4) is 22.8 Å². The van der Waals surface area contributed by atoms with Crippen molar-refractivity contribution in [2.24, 2.45) is 0 Å². The summed E-state index contributed by atoms with van der Waals surface area (Å²) in [5, 5.41) is 10.5. The molecule has 0 saturated heterocycles. The average Bonchev–Trinajstić information content (AvgIpc) is 2.72. The third-order valence-corrected chi connectivity index (χ3v) is 4.37. The van der Waals surface area contributed by atoms with E-state index in [1.54, 1.807) is 42.6 Å². The average molecular weight is 376 g/mol. The van der Waals surface area contributed by atoms with Gasteiger partial charge >= 0.3 is 5.69 Å². The van der Waals surface area contributed by atoms with Crippen LogP contribution in [0.4, 0.5) is 0 Å². The lowest BCUT2D eigenvalue weighted by atomic mass is 10.1. The molecule has 0 spiro atoms. The summed E-state index contributed by atoms with van der Waals surface area (Å²) in [5.41, 5.74) is 0.587. The van der Waals surface area contributed by atoms with Crippen LogP contribution in [0.2, 0.25) is 0 Å². The first-order chi connectivity index (χ1) is 13.6. The number of rotatable bonds is 4. The van der Waals surface area contributed by atoms with Gasteiger partial charge in [-0.3, -0.25) is 19.3 Å². The Morgan fingerprint density at radius 1 is 1.14 bits per heavy atom. The van der Waals surface area contributed by atoms with Gasteiger partial charge in [-0.15, -0.1) is 0 Å². The van der Waals surface area contributed by atoms with Gasteiger partial charge in [-0.05, 0) is 42.5 Å². The molecule has 0 bridgehead atoms. The third-order valence-electron chi connectivity index (χ3n) is 4.37. The Morgan fingerprint density at radius 3 is 2.75 bits per heavy atom. The molecule has 2 N–H and O–H groups in total. The number of phenolic OH excluding ortho intramolecular Hbond substituents is 1. The molecule has 0 aliphatic rings. The molecular weight excluding hydrogens is 360 g/mol. The van der Waals surface area contributed by atoms with E-state index in [4.69, 9.17) is 4.74 Å². The molecule has 8 heteroatoms. The Morgan fingerprint density at radius 2 is 2.00 bits per heavy atom. The Hall–Kier alpha value is -3.94. The lowest BCUT2D eigenvalue weighted by Gasteiger charge is -2.11. The second kappa shape index (κ2) is 6.99. The van der Waals surface area contributed by atoms with Crippen molar-refractivity contribution in [2.75, 3.05) is 7.11 Å². The van der Waals surface area contributed by atoms with Crippen molar-refractivity contribution < 1.29 is 9.84 Å². The molecule has 0 aliphatic heterocycles. The smallest absolute Gasteiger partial charge is 0.330 e. The maximum atomic E-state index is 12.4. The van der Waals surface area contributed by atoms with E-state index in [0.717, 1.165) is 0 Å². The number of pyridine rings is 2. The van der Waals surface area contributed by atoms with Gasteiger partial charge in [0.2, 0.25) is 0 Å². The molecule has 0 amide bonds. The second-order valence-electron chi connectivity index (χ2n) is 6.12. The van der Waals surface area contributed by atoms with E-state index in [-0.39, 0.29) is 23.3 Å². The minimum Gasteiger partial charge on any atom is -0.507 e. The number of aromatic hydroxyl groups is 1. The normalized spacial score (nSPS) is 10.9. The van der Waals surface area contributed by atoms with Crippen LogP contribution in [0, 0.1) is 0 Å². The Labute approximate surface area is 158 Å². The van der Waals surface area contributed by atoms with Gasteiger partial charge in [-0.2, -0.15) is 0 Å². The molecule has 0 saturated carbocycles. The lowest BCUT2D eigenvalue weighted by molar-refractivity contribution is 0.412. The number of hydrogen-bond acceptors (Lipinski definition) is 6. The van der Waals surface area contributed by atoms with Gasteiger partial charge in [0.25, 0.3) is 5.56 Å². The Balaban J connectivity index is 1.94. The number of phenols is 1. The standard InChI is InChI=1S/C20H16N4O4/c1-28-13-5-8-17(25)15(10-13)16-7-6-14-18(22-16)24(20(27)23-19(14)26)11-12-4-2-3-9-21-12/h2-10,25H,11H2,1H3,(H,23,26,27). The number of aromatic amines is 1. The molecule has 0 atom stereocenters. The first-order valence-corrected chi connectivity index (χ1v) is 8.48. The maximum absolute atomic E-state index is 12.4. The van der Waals surface area contributed by atoms with Crippen LogP contribution in [0.15, 0.2) is 64.3 Å². The number of nitrogens with zero attached hydrogens (tertiary/aromatic N) is 3. The monoisotopic (exact) mass is 376 g/mol. The predicted octanol–water partition coefficient (Wildman–Crippen LogP) is 1.91. The summed E-state index contributed by atoms with van der Waals surface area (Å²) in [7, 11) is 1.52. The Bertz CT molecular complexity index is 1280. The van der Waals surface area contributed by atoms with Gasteiger partial charge < -0.3 is 9.84 Å². The SMILES string of the molecule is COc1ccc(O)c(-c2ccc3c(=O)[nH]c(=O)n(Cc4ccccn4)c3n2)c1. The number of nitrogens with one attached hydrogen (secondary N) is 1. The molecule has 4 rings (SSSR count). The number of ether oxygens (including phenoxy) is 1. The molecule has 0 aliphatic carbocycles. The first kappa shape index (κ1) is 17.5. The van der Waals surface area contributed by atoms with Crippen LogP contribution >= 0.6 is 0 Å². The largest absolute Gasteiger partial charge is 0.507 e. The molecule has 4 aromatic rings. The maximum Gasteiger partial charge on any atom is 0.330 e. The summed E-state index contributed by atoms with van der Waals surface area (Å²) in [5.74, 6) is 0.558. The van der Waals surface area contributed by atoms with Crippen LogP contribution in [0.5, 0.6) is 11.5 Å². The van der Waals surface area contributed by atoms with Crippen LogP contribution < -0.4 is 16.0 Å². The zero-order chi connectivity index (χ0) is 19.7. The molecule has 0 radical (unpaired) electrons. The van der Waals surface area contributed by atoms with Gasteiger partial charge in [-0.1, -0.05) is 6.07 Å². The van der Waals surface area contributed by atoms with Gasteiger partial charge in [-0.25, -0.2) is 9.78 Å².